The molecule has 24 heavy (non-hydrogen) atoms. The zero-order chi connectivity index (χ0) is 17.4. The third-order valence-electron chi connectivity index (χ3n) is 3.03. The van der Waals surface area contributed by atoms with Gasteiger partial charge in [-0.15, -0.1) is 0 Å². The van der Waals surface area contributed by atoms with Crippen molar-refractivity contribution in [3.63, 3.8) is 0 Å². The number of hydrogen-bond donors (Lipinski definition) is 0. The molecule has 6 heteroatoms. The molecular weight excluding hydrogens is 310 g/mol. The zero-order valence-electron chi connectivity index (χ0n) is 13.2. The van der Waals surface area contributed by atoms with Gasteiger partial charge in [0.05, 0.1) is 11.5 Å². The quantitative estimate of drug-likeness (QED) is 0.252. The van der Waals surface area contributed by atoms with E-state index >= 15 is 0 Å². The van der Waals surface area contributed by atoms with Crippen LogP contribution in [0.5, 0.6) is 11.5 Å². The fourth-order valence-electron chi connectivity index (χ4n) is 1.85. The zero-order valence-corrected chi connectivity index (χ0v) is 13.2. The molecule has 0 aliphatic heterocycles. The summed E-state index contributed by atoms with van der Waals surface area (Å²) in [4.78, 5) is 21.8. The fourth-order valence-corrected chi connectivity index (χ4v) is 1.85. The second-order valence-corrected chi connectivity index (χ2v) is 4.92. The van der Waals surface area contributed by atoms with E-state index in [-0.39, 0.29) is 11.4 Å². The Balaban J connectivity index is 1.91. The topological polar surface area (TPSA) is 78.7 Å². The van der Waals surface area contributed by atoms with Gasteiger partial charge in [0.15, 0.2) is 0 Å². The molecule has 6 nitrogen and oxygen atoms in total. The van der Waals surface area contributed by atoms with Crippen LogP contribution in [0.4, 0.5) is 5.69 Å². The number of nitrogens with zero attached hydrogens (tertiary/aromatic N) is 1. The number of benzene rings is 2. The van der Waals surface area contributed by atoms with Gasteiger partial charge in [0.1, 0.15) is 11.5 Å². The van der Waals surface area contributed by atoms with Gasteiger partial charge in [-0.3, -0.25) is 10.1 Å². The lowest BCUT2D eigenvalue weighted by atomic mass is 10.2. The van der Waals surface area contributed by atoms with Crippen LogP contribution < -0.4 is 9.47 Å². The van der Waals surface area contributed by atoms with Crippen molar-refractivity contribution in [3.8, 4) is 11.5 Å². The lowest BCUT2D eigenvalue weighted by Gasteiger charge is -2.04. The van der Waals surface area contributed by atoms with Crippen molar-refractivity contribution in [1.29, 1.82) is 0 Å². The molecule has 124 valence electrons. The van der Waals surface area contributed by atoms with Crippen LogP contribution >= 0.6 is 0 Å². The summed E-state index contributed by atoms with van der Waals surface area (Å²) >= 11 is 0. The van der Waals surface area contributed by atoms with E-state index in [9.17, 15) is 14.9 Å². The van der Waals surface area contributed by atoms with E-state index in [2.05, 4.69) is 0 Å². The number of nitro benzene ring substituents is 1. The number of nitro groups is 1. The van der Waals surface area contributed by atoms with Crippen LogP contribution in [-0.4, -0.2) is 17.5 Å². The lowest BCUT2D eigenvalue weighted by Crippen LogP contribution is -2.03. The van der Waals surface area contributed by atoms with Crippen LogP contribution in [0.1, 0.15) is 18.9 Å². The molecule has 0 aliphatic rings. The number of esters is 1. The van der Waals surface area contributed by atoms with Crippen LogP contribution in [0.25, 0.3) is 6.08 Å². The summed E-state index contributed by atoms with van der Waals surface area (Å²) in [6, 6.07) is 12.6. The summed E-state index contributed by atoms with van der Waals surface area (Å²) < 4.78 is 10.6. The molecule has 0 spiro atoms. The normalized spacial score (nSPS) is 10.5. The number of non-ortho nitro benzene ring substituents is 1. The Kier molecular flexibility index (Phi) is 6.08. The molecule has 2 aromatic rings. The van der Waals surface area contributed by atoms with E-state index in [1.54, 1.807) is 6.08 Å². The van der Waals surface area contributed by atoms with Gasteiger partial charge in [-0.05, 0) is 42.3 Å². The highest BCUT2D eigenvalue weighted by atomic mass is 16.6. The highest BCUT2D eigenvalue weighted by Crippen LogP contribution is 2.18. The molecule has 0 unspecified atom stereocenters. The highest BCUT2D eigenvalue weighted by Gasteiger charge is 2.06. The summed E-state index contributed by atoms with van der Waals surface area (Å²) in [5, 5.41) is 10.6. The average molecular weight is 327 g/mol. The fraction of sp³-hybridized carbons (Fsp3) is 0.167. The molecule has 0 N–H and O–H groups in total. The van der Waals surface area contributed by atoms with Crippen LogP contribution in [-0.2, 0) is 4.79 Å². The van der Waals surface area contributed by atoms with E-state index < -0.39 is 10.9 Å². The summed E-state index contributed by atoms with van der Waals surface area (Å²) in [6.45, 7) is 2.70. The molecule has 0 aliphatic carbocycles. The van der Waals surface area contributed by atoms with Crippen molar-refractivity contribution in [2.24, 2.45) is 0 Å². The Bertz CT molecular complexity index is 720. The molecular formula is C18H17NO5. The molecule has 2 aromatic carbocycles. The van der Waals surface area contributed by atoms with E-state index in [1.165, 1.54) is 30.3 Å². The second kappa shape index (κ2) is 8.47. The average Bonchev–Trinajstić information content (AvgIpc) is 2.59. The van der Waals surface area contributed by atoms with Crippen molar-refractivity contribution in [3.05, 3.63) is 70.3 Å². The van der Waals surface area contributed by atoms with Gasteiger partial charge in [-0.2, -0.15) is 0 Å². The van der Waals surface area contributed by atoms with Crippen molar-refractivity contribution in [1.82, 2.24) is 0 Å². The van der Waals surface area contributed by atoms with E-state index in [0.717, 1.165) is 17.7 Å². The van der Waals surface area contributed by atoms with Crippen molar-refractivity contribution < 1.29 is 19.2 Å². The van der Waals surface area contributed by atoms with Gasteiger partial charge in [0, 0.05) is 18.2 Å². The van der Waals surface area contributed by atoms with Crippen LogP contribution in [0.2, 0.25) is 0 Å². The van der Waals surface area contributed by atoms with Gasteiger partial charge < -0.3 is 9.47 Å². The van der Waals surface area contributed by atoms with E-state index in [0.29, 0.717) is 6.61 Å². The minimum absolute atomic E-state index is 0.0595. The maximum Gasteiger partial charge on any atom is 0.336 e. The number of carbonyl (C=O) groups is 1. The lowest BCUT2D eigenvalue weighted by molar-refractivity contribution is -0.384. The third-order valence-corrected chi connectivity index (χ3v) is 3.03. The predicted octanol–water partition coefficient (Wildman–Crippen LogP) is 4.00. The molecule has 0 saturated carbocycles. The van der Waals surface area contributed by atoms with E-state index in [1.807, 2.05) is 31.2 Å². The molecule has 0 radical (unpaired) electrons. The smallest absolute Gasteiger partial charge is 0.336 e. The summed E-state index contributed by atoms with van der Waals surface area (Å²) in [5.74, 6) is 0.469. The van der Waals surface area contributed by atoms with Crippen LogP contribution in [0.3, 0.4) is 0 Å². The Morgan fingerprint density at radius 1 is 1.08 bits per heavy atom. The first-order valence-electron chi connectivity index (χ1n) is 7.45. The second-order valence-electron chi connectivity index (χ2n) is 4.92. The first-order valence-corrected chi connectivity index (χ1v) is 7.45. The standard InChI is InChI=1S/C18H17NO5/c1-2-13-23-16-8-3-14(4-9-16)5-12-18(20)24-17-10-6-15(7-11-17)19(21)22/h3-12H,2,13H2,1H3/b12-5+. The first kappa shape index (κ1) is 17.2. The Morgan fingerprint density at radius 2 is 1.71 bits per heavy atom. The minimum atomic E-state index is -0.560. The Morgan fingerprint density at radius 3 is 2.29 bits per heavy atom. The van der Waals surface area contributed by atoms with Gasteiger partial charge in [0.2, 0.25) is 0 Å². The molecule has 0 saturated heterocycles. The molecule has 2 rings (SSSR count). The molecule has 0 amide bonds. The maximum atomic E-state index is 11.7. The molecule has 0 heterocycles. The number of ether oxygens (including phenoxy) is 2. The Labute approximate surface area is 139 Å². The maximum absolute atomic E-state index is 11.7. The van der Waals surface area contributed by atoms with Crippen molar-refractivity contribution >= 4 is 17.7 Å². The van der Waals surface area contributed by atoms with Gasteiger partial charge in [0.25, 0.3) is 5.69 Å². The monoisotopic (exact) mass is 327 g/mol. The molecule has 0 atom stereocenters. The SMILES string of the molecule is CCCOc1ccc(/C=C/C(=O)Oc2ccc([N+](=O)[O-])cc2)cc1. The molecule has 0 bridgehead atoms. The Hall–Kier alpha value is -3.15. The number of hydrogen-bond acceptors (Lipinski definition) is 5. The predicted molar refractivity (Wildman–Crippen MR) is 90.0 cm³/mol. The summed E-state index contributed by atoms with van der Waals surface area (Å²) in [5.41, 5.74) is 0.773. The number of carbonyl (C=O) groups excluding carboxylic acids is 1. The third kappa shape index (κ3) is 5.24. The van der Waals surface area contributed by atoms with E-state index in [4.69, 9.17) is 9.47 Å². The molecule has 0 fully saturated rings. The summed E-state index contributed by atoms with van der Waals surface area (Å²) in [7, 11) is 0. The number of rotatable bonds is 7. The van der Waals surface area contributed by atoms with Gasteiger partial charge >= 0.3 is 5.97 Å². The molecule has 0 aromatic heterocycles. The van der Waals surface area contributed by atoms with Crippen molar-refractivity contribution in [2.75, 3.05) is 6.61 Å². The highest BCUT2D eigenvalue weighted by molar-refractivity contribution is 5.88. The first-order chi connectivity index (χ1) is 11.6. The van der Waals surface area contributed by atoms with Gasteiger partial charge in [-0.1, -0.05) is 19.1 Å². The van der Waals surface area contributed by atoms with Gasteiger partial charge in [-0.25, -0.2) is 4.79 Å². The largest absolute Gasteiger partial charge is 0.494 e. The summed E-state index contributed by atoms with van der Waals surface area (Å²) in [6.07, 6.45) is 3.86. The van der Waals surface area contributed by atoms with Crippen molar-refractivity contribution in [2.45, 2.75) is 13.3 Å². The minimum Gasteiger partial charge on any atom is -0.494 e. The van der Waals surface area contributed by atoms with Crippen LogP contribution in [0.15, 0.2) is 54.6 Å². The van der Waals surface area contributed by atoms with Crippen LogP contribution in [0, 0.1) is 10.1 Å².